The quantitative estimate of drug-likeness (QED) is 0.714. The fraction of sp³-hybridized carbons (Fsp3) is 0.706. The first-order chi connectivity index (χ1) is 10.1. The Kier molecular flexibility index (Phi) is 4.33. The molecule has 2 bridgehead atoms. The van der Waals surface area contributed by atoms with Crippen molar-refractivity contribution in [2.75, 3.05) is 7.11 Å². The van der Waals surface area contributed by atoms with Gasteiger partial charge in [-0.1, -0.05) is 12.8 Å². The van der Waals surface area contributed by atoms with Crippen LogP contribution in [0.4, 0.5) is 0 Å². The number of ether oxygens (including phenoxy) is 1. The molecule has 0 aromatic carbocycles. The number of rotatable bonds is 3. The van der Waals surface area contributed by atoms with Gasteiger partial charge in [-0.2, -0.15) is 5.26 Å². The summed E-state index contributed by atoms with van der Waals surface area (Å²) in [6.45, 7) is 3.12. The maximum Gasteiger partial charge on any atom is 0.121 e. The number of fused-ring (bicyclic) bond motifs is 2. The number of hydrogen-bond acceptors (Lipinski definition) is 2. The summed E-state index contributed by atoms with van der Waals surface area (Å²) in [5.41, 5.74) is 2.39. The van der Waals surface area contributed by atoms with Gasteiger partial charge >= 0.3 is 0 Å². The Morgan fingerprint density at radius 3 is 3.05 bits per heavy atom. The molecule has 2 fully saturated rings. The zero-order valence-electron chi connectivity index (χ0n) is 12.9. The van der Waals surface area contributed by atoms with Gasteiger partial charge in [0.05, 0.1) is 6.10 Å². The number of aromatic nitrogens is 1. The van der Waals surface area contributed by atoms with Crippen molar-refractivity contribution in [2.24, 2.45) is 11.3 Å². The second-order valence-electron chi connectivity index (χ2n) is 6.92. The van der Waals surface area contributed by atoms with Crippen molar-refractivity contribution in [3.8, 4) is 6.07 Å². The summed E-state index contributed by atoms with van der Waals surface area (Å²) >= 11 is 2.34. The Morgan fingerprint density at radius 1 is 1.52 bits per heavy atom. The average Bonchev–Trinajstić information content (AvgIpc) is 2.74. The molecule has 3 nitrogen and oxygen atoms in total. The summed E-state index contributed by atoms with van der Waals surface area (Å²) in [4.78, 5) is 0. The van der Waals surface area contributed by atoms with Crippen LogP contribution >= 0.6 is 22.6 Å². The minimum absolute atomic E-state index is 0.334. The van der Waals surface area contributed by atoms with Crippen LogP contribution in [-0.4, -0.2) is 17.8 Å². The third-order valence-electron chi connectivity index (χ3n) is 5.54. The van der Waals surface area contributed by atoms with Crippen molar-refractivity contribution in [2.45, 2.75) is 58.1 Å². The molecule has 1 aromatic heterocycles. The molecule has 1 heterocycles. The fourth-order valence-electron chi connectivity index (χ4n) is 4.54. The van der Waals surface area contributed by atoms with Crippen LogP contribution in [0.2, 0.25) is 0 Å². The smallest absolute Gasteiger partial charge is 0.121 e. The first-order valence-corrected chi connectivity index (χ1v) is 8.93. The second kappa shape index (κ2) is 5.92. The van der Waals surface area contributed by atoms with Gasteiger partial charge in [0.25, 0.3) is 0 Å². The molecular weight excluding hydrogens is 375 g/mol. The number of nitriles is 1. The van der Waals surface area contributed by atoms with Gasteiger partial charge in [0.1, 0.15) is 11.8 Å². The highest BCUT2D eigenvalue weighted by molar-refractivity contribution is 14.1. The third kappa shape index (κ3) is 2.87. The van der Waals surface area contributed by atoms with Crippen molar-refractivity contribution < 1.29 is 4.74 Å². The molecule has 0 spiro atoms. The Labute approximate surface area is 140 Å². The molecule has 0 amide bonds. The van der Waals surface area contributed by atoms with Gasteiger partial charge in [0.2, 0.25) is 0 Å². The van der Waals surface area contributed by atoms with Gasteiger partial charge in [-0.3, -0.25) is 0 Å². The Balaban J connectivity index is 1.90. The van der Waals surface area contributed by atoms with Crippen molar-refractivity contribution in [3.05, 3.63) is 21.0 Å². The number of halogens is 1. The van der Waals surface area contributed by atoms with Gasteiger partial charge in [0.15, 0.2) is 0 Å². The summed E-state index contributed by atoms with van der Waals surface area (Å²) in [6.07, 6.45) is 8.07. The summed E-state index contributed by atoms with van der Waals surface area (Å²) in [6, 6.07) is 4.39. The highest BCUT2D eigenvalue weighted by Gasteiger charge is 2.43. The average molecular weight is 398 g/mol. The van der Waals surface area contributed by atoms with Gasteiger partial charge in [-0.05, 0) is 72.6 Å². The van der Waals surface area contributed by atoms with Crippen LogP contribution in [0.3, 0.4) is 0 Å². The summed E-state index contributed by atoms with van der Waals surface area (Å²) < 4.78 is 9.16. The van der Waals surface area contributed by atoms with E-state index in [0.717, 1.165) is 24.6 Å². The van der Waals surface area contributed by atoms with E-state index < -0.39 is 0 Å². The van der Waals surface area contributed by atoms with Gasteiger partial charge in [0, 0.05) is 22.9 Å². The lowest BCUT2D eigenvalue weighted by Crippen LogP contribution is -2.42. The molecule has 2 aliphatic rings. The lowest BCUT2D eigenvalue weighted by Gasteiger charge is -2.48. The molecule has 0 aliphatic heterocycles. The normalized spacial score (nSPS) is 31.9. The van der Waals surface area contributed by atoms with Crippen LogP contribution in [0.15, 0.2) is 6.07 Å². The predicted molar refractivity (Wildman–Crippen MR) is 91.0 cm³/mol. The van der Waals surface area contributed by atoms with E-state index in [1.54, 1.807) is 0 Å². The molecule has 0 radical (unpaired) electrons. The molecular formula is C17H23IN2O. The fourth-order valence-corrected chi connectivity index (χ4v) is 5.12. The van der Waals surface area contributed by atoms with Gasteiger partial charge in [-0.25, -0.2) is 0 Å². The maximum absolute atomic E-state index is 9.41. The van der Waals surface area contributed by atoms with E-state index in [-0.39, 0.29) is 0 Å². The van der Waals surface area contributed by atoms with E-state index in [1.807, 2.05) is 13.2 Å². The Bertz CT molecular complexity index is 574. The monoisotopic (exact) mass is 398 g/mol. The Hall–Kier alpha value is -0.540. The largest absolute Gasteiger partial charge is 0.381 e. The van der Waals surface area contributed by atoms with E-state index in [1.165, 1.54) is 41.4 Å². The number of hydrogen-bond donors (Lipinski definition) is 0. The van der Waals surface area contributed by atoms with Crippen molar-refractivity contribution in [1.29, 1.82) is 5.26 Å². The lowest BCUT2D eigenvalue weighted by molar-refractivity contribution is -0.0448. The maximum atomic E-state index is 9.41. The standard InChI is InChI=1S/C17H23IN2O/c1-12-16(18)7-14(10-19)20(12)11-17-5-3-4-13(8-17)6-15(9-17)21-2/h7,13,15H,3-6,8-9,11H2,1-2H3. The lowest BCUT2D eigenvalue weighted by atomic mass is 9.61. The molecule has 2 aliphatic carbocycles. The van der Waals surface area contributed by atoms with Crippen LogP contribution < -0.4 is 0 Å². The number of methoxy groups -OCH3 is 1. The highest BCUT2D eigenvalue weighted by Crippen LogP contribution is 2.50. The van der Waals surface area contributed by atoms with E-state index in [0.29, 0.717) is 11.5 Å². The van der Waals surface area contributed by atoms with Crippen LogP contribution in [-0.2, 0) is 11.3 Å². The second-order valence-corrected chi connectivity index (χ2v) is 8.08. The van der Waals surface area contributed by atoms with E-state index >= 15 is 0 Å². The topological polar surface area (TPSA) is 38.0 Å². The molecule has 114 valence electrons. The minimum atomic E-state index is 0.334. The van der Waals surface area contributed by atoms with E-state index in [4.69, 9.17) is 4.74 Å². The van der Waals surface area contributed by atoms with Crippen LogP contribution in [0.5, 0.6) is 0 Å². The zero-order valence-corrected chi connectivity index (χ0v) is 15.0. The molecule has 0 saturated heterocycles. The molecule has 3 rings (SSSR count). The molecule has 4 heteroatoms. The molecule has 3 atom stereocenters. The van der Waals surface area contributed by atoms with Crippen LogP contribution in [0.25, 0.3) is 0 Å². The van der Waals surface area contributed by atoms with Crippen molar-refractivity contribution in [3.63, 3.8) is 0 Å². The Morgan fingerprint density at radius 2 is 2.33 bits per heavy atom. The molecule has 3 unspecified atom stereocenters. The first kappa shape index (κ1) is 15.4. The SMILES string of the molecule is COC1CC2CCCC(Cn3c(C#N)cc(I)c3C)(C2)C1. The minimum Gasteiger partial charge on any atom is -0.381 e. The molecule has 1 aromatic rings. The predicted octanol–water partition coefficient (Wildman–Crippen LogP) is 4.26. The molecule has 2 saturated carbocycles. The highest BCUT2D eigenvalue weighted by atomic mass is 127. The van der Waals surface area contributed by atoms with Crippen molar-refractivity contribution in [1.82, 2.24) is 4.57 Å². The summed E-state index contributed by atoms with van der Waals surface area (Å²) in [5.74, 6) is 0.818. The van der Waals surface area contributed by atoms with Gasteiger partial charge < -0.3 is 9.30 Å². The van der Waals surface area contributed by atoms with E-state index in [9.17, 15) is 5.26 Å². The van der Waals surface area contributed by atoms with Crippen LogP contribution in [0, 0.1) is 33.2 Å². The molecule has 0 N–H and O–H groups in total. The summed E-state index contributed by atoms with van der Waals surface area (Å²) in [7, 11) is 1.85. The zero-order chi connectivity index (χ0) is 15.0. The van der Waals surface area contributed by atoms with Crippen molar-refractivity contribution >= 4 is 22.6 Å². The first-order valence-electron chi connectivity index (χ1n) is 7.85. The molecule has 21 heavy (non-hydrogen) atoms. The van der Waals surface area contributed by atoms with Gasteiger partial charge in [-0.15, -0.1) is 0 Å². The van der Waals surface area contributed by atoms with E-state index in [2.05, 4.69) is 40.2 Å². The third-order valence-corrected chi connectivity index (χ3v) is 6.64. The van der Waals surface area contributed by atoms with Crippen LogP contribution in [0.1, 0.15) is 49.9 Å². The summed E-state index contributed by atoms with van der Waals surface area (Å²) in [5, 5.41) is 9.41. The number of nitrogens with zero attached hydrogens (tertiary/aromatic N) is 2.